The van der Waals surface area contributed by atoms with Crippen molar-refractivity contribution in [2.45, 2.75) is 25.4 Å². The monoisotopic (exact) mass is 565 g/mol. The van der Waals surface area contributed by atoms with Crippen LogP contribution in [0.25, 0.3) is 33.6 Å². The molecule has 6 rings (SSSR count). The number of rotatable bonds is 9. The summed E-state index contributed by atoms with van der Waals surface area (Å²) in [6, 6.07) is 17.6. The number of amides is 1. The summed E-state index contributed by atoms with van der Waals surface area (Å²) in [7, 11) is 5.52. The highest BCUT2D eigenvalue weighted by Gasteiger charge is 2.54. The summed E-state index contributed by atoms with van der Waals surface area (Å²) in [4.78, 5) is 19.6. The first-order chi connectivity index (χ1) is 20.2. The Hall–Kier alpha value is -4.39. The number of nitrogens with one attached hydrogen (secondary N) is 2. The van der Waals surface area contributed by atoms with Gasteiger partial charge in [0.25, 0.3) is 5.91 Å². The third-order valence-electron chi connectivity index (χ3n) is 8.03. The summed E-state index contributed by atoms with van der Waals surface area (Å²) < 4.78 is 17.6. The summed E-state index contributed by atoms with van der Waals surface area (Å²) in [6.07, 6.45) is 1.74. The number of benzene rings is 2. The standard InChI is InChI=1S/C33H35N5O4/c1-33(2,18-38(3)4)37-32(39)20-6-8-23(28(13-20)40-5)29-14-27-31(42-29)22(10-11-35-27)19-7-9-26(21(12-19)15-34)36-30-24-16-41-17-25(24)30/h6-14,24-25,30,36H,16-18H2,1-5H3,(H,37,39). The number of fused-ring (bicyclic) bond motifs is 2. The molecule has 2 N–H and O–H groups in total. The van der Waals surface area contributed by atoms with Crippen molar-refractivity contribution in [3.8, 4) is 34.3 Å². The van der Waals surface area contributed by atoms with E-state index in [0.717, 1.165) is 30.0 Å². The molecule has 1 saturated carbocycles. The zero-order valence-corrected chi connectivity index (χ0v) is 24.5. The van der Waals surface area contributed by atoms with Gasteiger partial charge in [0.1, 0.15) is 23.1 Å². The Balaban J connectivity index is 1.28. The van der Waals surface area contributed by atoms with Crippen molar-refractivity contribution in [2.24, 2.45) is 11.8 Å². The average molecular weight is 566 g/mol. The first-order valence-electron chi connectivity index (χ1n) is 14.1. The van der Waals surface area contributed by atoms with Gasteiger partial charge in [0.15, 0.2) is 5.58 Å². The van der Waals surface area contributed by atoms with Crippen LogP contribution in [0.2, 0.25) is 0 Å². The Labute approximate surface area is 245 Å². The summed E-state index contributed by atoms with van der Waals surface area (Å²) in [6.45, 7) is 6.26. The van der Waals surface area contributed by atoms with Gasteiger partial charge in [-0.3, -0.25) is 9.78 Å². The third-order valence-corrected chi connectivity index (χ3v) is 8.03. The minimum Gasteiger partial charge on any atom is -0.496 e. The van der Waals surface area contributed by atoms with Crippen LogP contribution in [-0.2, 0) is 4.74 Å². The smallest absolute Gasteiger partial charge is 0.251 e. The first kappa shape index (κ1) is 27.8. The van der Waals surface area contributed by atoms with Gasteiger partial charge in [-0.2, -0.15) is 5.26 Å². The van der Waals surface area contributed by atoms with Crippen molar-refractivity contribution in [2.75, 3.05) is 46.3 Å². The molecule has 1 amide bonds. The zero-order valence-electron chi connectivity index (χ0n) is 24.5. The quantitative estimate of drug-likeness (QED) is 0.286. The molecular formula is C33H35N5O4. The molecule has 1 saturated heterocycles. The van der Waals surface area contributed by atoms with Gasteiger partial charge in [0.05, 0.1) is 37.1 Å². The number of methoxy groups -OCH3 is 1. The summed E-state index contributed by atoms with van der Waals surface area (Å²) in [5.74, 6) is 1.99. The number of aromatic nitrogens is 1. The van der Waals surface area contributed by atoms with Gasteiger partial charge < -0.3 is 29.4 Å². The fraction of sp³-hybridized carbons (Fsp3) is 0.364. The van der Waals surface area contributed by atoms with Crippen LogP contribution in [0.3, 0.4) is 0 Å². The number of hydrogen-bond acceptors (Lipinski definition) is 8. The van der Waals surface area contributed by atoms with Gasteiger partial charge in [-0.05, 0) is 69.9 Å². The number of nitriles is 1. The predicted octanol–water partition coefficient (Wildman–Crippen LogP) is 5.17. The molecule has 2 atom stereocenters. The zero-order chi connectivity index (χ0) is 29.6. The van der Waals surface area contributed by atoms with Crippen molar-refractivity contribution >= 4 is 22.7 Å². The lowest BCUT2D eigenvalue weighted by Gasteiger charge is -2.29. The second-order valence-corrected chi connectivity index (χ2v) is 12.1. The number of furan rings is 1. The minimum atomic E-state index is -0.404. The van der Waals surface area contributed by atoms with Crippen LogP contribution in [0.1, 0.15) is 29.8 Å². The molecule has 1 aliphatic carbocycles. The highest BCUT2D eigenvalue weighted by Crippen LogP contribution is 2.46. The molecular weight excluding hydrogens is 530 g/mol. The Kier molecular flexibility index (Phi) is 7.13. The lowest BCUT2D eigenvalue weighted by Crippen LogP contribution is -2.49. The van der Waals surface area contributed by atoms with Gasteiger partial charge in [-0.15, -0.1) is 0 Å². The number of ether oxygens (including phenoxy) is 2. The Morgan fingerprint density at radius 1 is 1.12 bits per heavy atom. The van der Waals surface area contributed by atoms with Crippen LogP contribution in [0.5, 0.6) is 5.75 Å². The lowest BCUT2D eigenvalue weighted by atomic mass is 10.0. The number of hydrogen-bond donors (Lipinski definition) is 2. The van der Waals surface area contributed by atoms with Gasteiger partial charge in [-0.25, -0.2) is 0 Å². The minimum absolute atomic E-state index is 0.176. The number of pyridine rings is 1. The summed E-state index contributed by atoms with van der Waals surface area (Å²) in [5, 5.41) is 16.6. The van der Waals surface area contributed by atoms with Crippen LogP contribution in [-0.4, -0.2) is 68.3 Å². The predicted molar refractivity (Wildman–Crippen MR) is 161 cm³/mol. The van der Waals surface area contributed by atoms with Gasteiger partial charge >= 0.3 is 0 Å². The number of nitrogens with zero attached hydrogens (tertiary/aromatic N) is 3. The second kappa shape index (κ2) is 10.8. The van der Waals surface area contributed by atoms with Crippen molar-refractivity contribution in [3.05, 3.63) is 65.9 Å². The lowest BCUT2D eigenvalue weighted by molar-refractivity contribution is 0.0899. The Morgan fingerprint density at radius 2 is 1.90 bits per heavy atom. The van der Waals surface area contributed by atoms with E-state index in [9.17, 15) is 10.1 Å². The molecule has 3 heterocycles. The van der Waals surface area contributed by atoms with Gasteiger partial charge in [0.2, 0.25) is 0 Å². The molecule has 9 heteroatoms. The summed E-state index contributed by atoms with van der Waals surface area (Å²) >= 11 is 0. The molecule has 2 aromatic carbocycles. The van der Waals surface area contributed by atoms with Crippen LogP contribution < -0.4 is 15.4 Å². The average Bonchev–Trinajstić information content (AvgIpc) is 3.29. The van der Waals surface area contributed by atoms with Crippen molar-refractivity contribution in [1.29, 1.82) is 5.26 Å². The third kappa shape index (κ3) is 5.31. The number of carbonyl (C=O) groups is 1. The molecule has 0 spiro atoms. The van der Waals surface area contributed by atoms with Crippen molar-refractivity contribution in [1.82, 2.24) is 15.2 Å². The molecule has 42 heavy (non-hydrogen) atoms. The van der Waals surface area contributed by atoms with E-state index in [-0.39, 0.29) is 5.91 Å². The second-order valence-electron chi connectivity index (χ2n) is 12.1. The van der Waals surface area contributed by atoms with E-state index >= 15 is 0 Å². The van der Waals surface area contributed by atoms with Crippen LogP contribution >= 0.6 is 0 Å². The van der Waals surface area contributed by atoms with E-state index < -0.39 is 5.54 Å². The maximum atomic E-state index is 13.0. The molecule has 2 fully saturated rings. The van der Waals surface area contributed by atoms with E-state index in [0.29, 0.717) is 63.7 Å². The Morgan fingerprint density at radius 3 is 2.62 bits per heavy atom. The maximum Gasteiger partial charge on any atom is 0.251 e. The highest BCUT2D eigenvalue weighted by molar-refractivity contribution is 5.97. The van der Waals surface area contributed by atoms with Crippen LogP contribution in [0.15, 0.2) is 59.1 Å². The molecule has 216 valence electrons. The van der Waals surface area contributed by atoms with E-state index in [1.165, 1.54) is 0 Å². The van der Waals surface area contributed by atoms with E-state index in [1.807, 2.05) is 69.2 Å². The highest BCUT2D eigenvalue weighted by atomic mass is 16.5. The van der Waals surface area contributed by atoms with Crippen molar-refractivity contribution < 1.29 is 18.7 Å². The largest absolute Gasteiger partial charge is 0.496 e. The Bertz CT molecular complexity index is 1690. The molecule has 2 aromatic heterocycles. The van der Waals surface area contributed by atoms with E-state index in [4.69, 9.17) is 13.9 Å². The molecule has 2 aliphatic rings. The number of carbonyl (C=O) groups excluding carboxylic acids is 1. The number of anilines is 1. The van der Waals surface area contributed by atoms with Gasteiger partial charge in [0, 0.05) is 53.4 Å². The maximum absolute atomic E-state index is 13.0. The fourth-order valence-electron chi connectivity index (χ4n) is 6.11. The van der Waals surface area contributed by atoms with E-state index in [1.54, 1.807) is 25.4 Å². The molecule has 0 bridgehead atoms. The normalized spacial score (nSPS) is 19.4. The topological polar surface area (TPSA) is 113 Å². The van der Waals surface area contributed by atoms with Crippen molar-refractivity contribution in [3.63, 3.8) is 0 Å². The van der Waals surface area contributed by atoms with Crippen LogP contribution in [0, 0.1) is 23.2 Å². The molecule has 1 aliphatic heterocycles. The molecule has 2 unspecified atom stereocenters. The molecule has 0 radical (unpaired) electrons. The number of likely N-dealkylation sites (N-methyl/N-ethyl adjacent to an activating group) is 1. The molecule has 4 aromatic rings. The van der Waals surface area contributed by atoms with Gasteiger partial charge in [-0.1, -0.05) is 6.07 Å². The summed E-state index contributed by atoms with van der Waals surface area (Å²) in [5.41, 5.74) is 5.22. The fourth-order valence-corrected chi connectivity index (χ4v) is 6.11. The van der Waals surface area contributed by atoms with E-state index in [2.05, 4.69) is 21.7 Å². The SMILES string of the molecule is COc1cc(C(=O)NC(C)(C)CN(C)C)ccc1-c1cc2nccc(-c3ccc(NC4C5COCC54)c(C#N)c3)c2o1. The molecule has 9 nitrogen and oxygen atoms in total. The first-order valence-corrected chi connectivity index (χ1v) is 14.1. The van der Waals surface area contributed by atoms with Crippen LogP contribution in [0.4, 0.5) is 5.69 Å².